The molecule has 1 rings (SSSR count). The molecule has 1 aliphatic rings. The van der Waals surface area contributed by atoms with Gasteiger partial charge in [0.15, 0.2) is 8.32 Å². The summed E-state index contributed by atoms with van der Waals surface area (Å²) in [5.74, 6) is -0.673. The van der Waals surface area contributed by atoms with Crippen molar-refractivity contribution in [1.29, 1.82) is 0 Å². The summed E-state index contributed by atoms with van der Waals surface area (Å²) in [7, 11) is -2.05. The number of rotatable bonds is 3. The van der Waals surface area contributed by atoms with Crippen molar-refractivity contribution < 1.29 is 23.5 Å². The summed E-state index contributed by atoms with van der Waals surface area (Å²) in [5.41, 5.74) is -0.705. The molecule has 1 aliphatic heterocycles. The lowest BCUT2D eigenvalue weighted by Gasteiger charge is -2.40. The molecule has 0 N–H and O–H groups in total. The lowest BCUT2D eigenvalue weighted by Crippen LogP contribution is -2.55. The van der Waals surface area contributed by atoms with Crippen molar-refractivity contribution in [2.24, 2.45) is 0 Å². The molecule has 0 saturated carbocycles. The minimum Gasteiger partial charge on any atom is -0.443 e. The molecule has 1 saturated heterocycles. The van der Waals surface area contributed by atoms with Crippen molar-refractivity contribution in [3.8, 4) is 0 Å². The van der Waals surface area contributed by atoms with Gasteiger partial charge in [-0.25, -0.2) is 9.69 Å². The zero-order chi connectivity index (χ0) is 18.9. The Morgan fingerprint density at radius 1 is 1.17 bits per heavy atom. The number of likely N-dealkylation sites (tertiary alicyclic amines) is 1. The van der Waals surface area contributed by atoms with Crippen LogP contribution in [0.3, 0.4) is 0 Å². The molecule has 7 heteroatoms. The van der Waals surface area contributed by atoms with Gasteiger partial charge in [0.05, 0.1) is 19.1 Å². The minimum atomic E-state index is -2.05. The fourth-order valence-electron chi connectivity index (χ4n) is 2.10. The van der Waals surface area contributed by atoms with E-state index in [4.69, 9.17) is 9.16 Å². The predicted octanol–water partition coefficient (Wildman–Crippen LogP) is 3.50. The van der Waals surface area contributed by atoms with Crippen LogP contribution in [0.5, 0.6) is 0 Å². The first-order chi connectivity index (χ1) is 10.6. The van der Waals surface area contributed by atoms with Gasteiger partial charge in [0.2, 0.25) is 5.91 Å². The number of piperidine rings is 1. The molecule has 6 nitrogen and oxygen atoms in total. The van der Waals surface area contributed by atoms with Gasteiger partial charge in [0.1, 0.15) is 11.4 Å². The highest BCUT2D eigenvalue weighted by molar-refractivity contribution is 6.74. The smallest absolute Gasteiger partial charge is 0.417 e. The number of Topliss-reactive ketones (excluding diaryl/α,β-unsaturated/α-hetero) is 1. The van der Waals surface area contributed by atoms with Crippen molar-refractivity contribution in [2.45, 2.75) is 84.2 Å². The van der Waals surface area contributed by atoms with Gasteiger partial charge in [0, 0.05) is 6.42 Å². The van der Waals surface area contributed by atoms with Crippen LogP contribution in [0.1, 0.15) is 54.4 Å². The number of hydrogen-bond donors (Lipinski definition) is 0. The van der Waals surface area contributed by atoms with E-state index < -0.39 is 32.0 Å². The first-order valence-electron chi connectivity index (χ1n) is 8.35. The Balaban J connectivity index is 2.92. The normalized spacial score (nSPS) is 20.3. The van der Waals surface area contributed by atoms with Crippen molar-refractivity contribution in [3.05, 3.63) is 0 Å². The number of carbonyl (C=O) groups excluding carboxylic acids is 3. The fraction of sp³-hybridized carbons (Fsp3) is 0.824. The highest BCUT2D eigenvalue weighted by atomic mass is 28.4. The first-order valence-corrected chi connectivity index (χ1v) is 11.3. The van der Waals surface area contributed by atoms with Gasteiger partial charge in [-0.05, 0) is 38.9 Å². The van der Waals surface area contributed by atoms with E-state index in [9.17, 15) is 14.4 Å². The highest BCUT2D eigenvalue weighted by Crippen LogP contribution is 2.37. The standard InChI is InChI=1S/C17H31NO5Si/c1-16(2,3)23-15(21)18-12(9-13(19)10-14(18)20)11-22-24(7,8)17(4,5)6/h12H,9-11H2,1-8H3. The number of amides is 2. The van der Waals surface area contributed by atoms with Gasteiger partial charge in [-0.2, -0.15) is 0 Å². The second-order valence-corrected chi connectivity index (χ2v) is 13.7. The maximum absolute atomic E-state index is 12.4. The quantitative estimate of drug-likeness (QED) is 0.571. The van der Waals surface area contributed by atoms with Gasteiger partial charge in [-0.15, -0.1) is 0 Å². The average Bonchev–Trinajstić information content (AvgIpc) is 2.31. The van der Waals surface area contributed by atoms with Crippen molar-refractivity contribution >= 4 is 26.1 Å². The summed E-state index contributed by atoms with van der Waals surface area (Å²) in [6.07, 6.45) is -0.834. The van der Waals surface area contributed by atoms with E-state index in [1.165, 1.54) is 0 Å². The number of nitrogens with zero attached hydrogens (tertiary/aromatic N) is 1. The van der Waals surface area contributed by atoms with Crippen LogP contribution >= 0.6 is 0 Å². The van der Waals surface area contributed by atoms with E-state index in [2.05, 4.69) is 33.9 Å². The summed E-state index contributed by atoms with van der Waals surface area (Å²) in [6, 6.07) is -0.595. The van der Waals surface area contributed by atoms with E-state index in [1.807, 2.05) is 0 Å². The maximum atomic E-state index is 12.4. The fourth-order valence-corrected chi connectivity index (χ4v) is 3.14. The monoisotopic (exact) mass is 357 g/mol. The number of imide groups is 1. The predicted molar refractivity (Wildman–Crippen MR) is 94.3 cm³/mol. The van der Waals surface area contributed by atoms with Crippen LogP contribution in [-0.2, 0) is 18.8 Å². The second-order valence-electron chi connectivity index (χ2n) is 8.89. The number of hydrogen-bond acceptors (Lipinski definition) is 5. The lowest BCUT2D eigenvalue weighted by molar-refractivity contribution is -0.142. The van der Waals surface area contributed by atoms with E-state index >= 15 is 0 Å². The Morgan fingerprint density at radius 2 is 1.71 bits per heavy atom. The summed E-state index contributed by atoms with van der Waals surface area (Å²) in [5, 5.41) is 0.00638. The summed E-state index contributed by atoms with van der Waals surface area (Å²) in [6.45, 7) is 15.9. The SMILES string of the molecule is CC(C)(C)OC(=O)N1C(=O)CC(=O)CC1CO[Si](C)(C)C(C)(C)C. The van der Waals surface area contributed by atoms with E-state index in [-0.39, 0.29) is 30.3 Å². The molecule has 0 spiro atoms. The van der Waals surface area contributed by atoms with Gasteiger partial charge in [0.25, 0.3) is 0 Å². The molecule has 0 aliphatic carbocycles. The second kappa shape index (κ2) is 6.96. The van der Waals surface area contributed by atoms with E-state index in [0.29, 0.717) is 0 Å². The third kappa shape index (κ3) is 5.41. The van der Waals surface area contributed by atoms with Crippen LogP contribution in [0.2, 0.25) is 18.1 Å². The number of carbonyl (C=O) groups is 3. The Hall–Kier alpha value is -1.21. The third-order valence-corrected chi connectivity index (χ3v) is 8.98. The van der Waals surface area contributed by atoms with Gasteiger partial charge in [-0.3, -0.25) is 9.59 Å². The summed E-state index contributed by atoms with van der Waals surface area (Å²) in [4.78, 5) is 37.5. The molecule has 0 aromatic rings. The zero-order valence-corrected chi connectivity index (χ0v) is 17.2. The maximum Gasteiger partial charge on any atom is 0.417 e. The van der Waals surface area contributed by atoms with Crippen LogP contribution in [-0.4, -0.2) is 49.3 Å². The lowest BCUT2D eigenvalue weighted by atomic mass is 10.0. The van der Waals surface area contributed by atoms with Crippen molar-refractivity contribution in [2.75, 3.05) is 6.61 Å². The largest absolute Gasteiger partial charge is 0.443 e. The topological polar surface area (TPSA) is 72.9 Å². The molecule has 0 aromatic carbocycles. The molecule has 0 radical (unpaired) electrons. The highest BCUT2D eigenvalue weighted by Gasteiger charge is 2.42. The molecule has 1 unspecified atom stereocenters. The molecule has 24 heavy (non-hydrogen) atoms. The minimum absolute atomic E-state index is 0.00638. The van der Waals surface area contributed by atoms with Gasteiger partial charge < -0.3 is 9.16 Å². The Kier molecular flexibility index (Phi) is 6.04. The summed E-state index contributed by atoms with van der Waals surface area (Å²) >= 11 is 0. The van der Waals surface area contributed by atoms with Crippen molar-refractivity contribution in [3.63, 3.8) is 0 Å². The Bertz CT molecular complexity index is 516. The third-order valence-electron chi connectivity index (χ3n) is 4.48. The molecular weight excluding hydrogens is 326 g/mol. The number of ether oxygens (including phenoxy) is 1. The van der Waals surface area contributed by atoms with Crippen molar-refractivity contribution in [1.82, 2.24) is 4.90 Å². The molecule has 138 valence electrons. The Morgan fingerprint density at radius 3 is 2.17 bits per heavy atom. The van der Waals surface area contributed by atoms with Crippen LogP contribution in [0.25, 0.3) is 0 Å². The van der Waals surface area contributed by atoms with Gasteiger partial charge in [-0.1, -0.05) is 20.8 Å². The molecule has 1 heterocycles. The van der Waals surface area contributed by atoms with Crippen LogP contribution < -0.4 is 0 Å². The molecule has 1 atom stereocenters. The molecule has 0 bridgehead atoms. The molecule has 1 fully saturated rings. The van der Waals surface area contributed by atoms with Crippen LogP contribution in [0.15, 0.2) is 0 Å². The van der Waals surface area contributed by atoms with Gasteiger partial charge >= 0.3 is 6.09 Å². The van der Waals surface area contributed by atoms with E-state index in [0.717, 1.165) is 4.90 Å². The van der Waals surface area contributed by atoms with Crippen LogP contribution in [0.4, 0.5) is 4.79 Å². The number of ketones is 1. The van der Waals surface area contributed by atoms with E-state index in [1.54, 1.807) is 20.8 Å². The molecule has 2 amide bonds. The zero-order valence-electron chi connectivity index (χ0n) is 16.2. The molecular formula is C17H31NO5Si. The van der Waals surface area contributed by atoms with Crippen LogP contribution in [0, 0.1) is 0 Å². The Labute approximate surface area is 146 Å². The first kappa shape index (κ1) is 20.8. The molecule has 0 aromatic heterocycles. The summed E-state index contributed by atoms with van der Waals surface area (Å²) < 4.78 is 11.4. The average molecular weight is 358 g/mol.